The molecule has 15 rings (SSSR count). The summed E-state index contributed by atoms with van der Waals surface area (Å²) in [6, 6.07) is 87.2. The first-order chi connectivity index (χ1) is 41.3. The van der Waals surface area contributed by atoms with Crippen LogP contribution in [0.1, 0.15) is 105 Å². The second-order valence-corrected chi connectivity index (χ2v) is 28.2. The SMILES string of the molecule is CC(C)(C)c1cccc(N(c2ccccc2-c2ccccc2)c2ccc3c4cc5c(cc4n4c6c(C(C)(C)C)cccc6c2c34)c2ccc(N(c3cccc(C(C)(C)C)c3)c3ccccc3-c3ccccc3)c3c4cccc(C(C)(C)C)c4n5c23)c1. The lowest BCUT2D eigenvalue weighted by Gasteiger charge is -2.30. The smallest absolute Gasteiger partial charge is 0.0641 e. The summed E-state index contributed by atoms with van der Waals surface area (Å²) < 4.78 is 5.32. The van der Waals surface area contributed by atoms with Gasteiger partial charge in [0.05, 0.1) is 55.8 Å². The van der Waals surface area contributed by atoms with Gasteiger partial charge < -0.3 is 18.6 Å². The number of hydrogen-bond donors (Lipinski definition) is 0. The van der Waals surface area contributed by atoms with Gasteiger partial charge in [0, 0.05) is 65.6 Å². The molecule has 4 heterocycles. The van der Waals surface area contributed by atoms with Gasteiger partial charge in [-0.25, -0.2) is 0 Å². The van der Waals surface area contributed by atoms with Crippen LogP contribution in [0.4, 0.5) is 34.1 Å². The zero-order valence-corrected chi connectivity index (χ0v) is 51.7. The van der Waals surface area contributed by atoms with E-state index in [4.69, 9.17) is 0 Å². The zero-order valence-electron chi connectivity index (χ0n) is 51.7. The number of anilines is 6. The zero-order chi connectivity index (χ0) is 59.3. The van der Waals surface area contributed by atoms with Gasteiger partial charge in [0.15, 0.2) is 0 Å². The summed E-state index contributed by atoms with van der Waals surface area (Å²) in [5.41, 5.74) is 23.9. The Hall–Kier alpha value is -9.38. The Bertz CT molecular complexity index is 4820. The van der Waals surface area contributed by atoms with Crippen LogP contribution in [-0.4, -0.2) is 8.80 Å². The van der Waals surface area contributed by atoms with E-state index in [0.717, 1.165) is 34.1 Å². The summed E-state index contributed by atoms with van der Waals surface area (Å²) in [5, 5.41) is 10.0. The summed E-state index contributed by atoms with van der Waals surface area (Å²) in [6.07, 6.45) is 0. The third-order valence-electron chi connectivity index (χ3n) is 18.5. The van der Waals surface area contributed by atoms with Crippen molar-refractivity contribution in [1.29, 1.82) is 0 Å². The normalized spacial score (nSPS) is 12.9. The van der Waals surface area contributed by atoms with Gasteiger partial charge >= 0.3 is 0 Å². The van der Waals surface area contributed by atoms with Crippen molar-refractivity contribution in [2.45, 2.75) is 105 Å². The average Bonchev–Trinajstić information content (AvgIpc) is 1.52. The Morgan fingerprint density at radius 1 is 0.267 bits per heavy atom. The minimum Gasteiger partial charge on any atom is -0.309 e. The molecule has 4 heteroatoms. The maximum Gasteiger partial charge on any atom is 0.0641 e. The first-order valence-electron chi connectivity index (χ1n) is 30.8. The van der Waals surface area contributed by atoms with Crippen molar-refractivity contribution in [3.63, 3.8) is 0 Å². The number of fused-ring (bicyclic) bond motifs is 12. The molecule has 4 aromatic heterocycles. The summed E-state index contributed by atoms with van der Waals surface area (Å²) in [7, 11) is 0. The Kier molecular flexibility index (Phi) is 11.8. The summed E-state index contributed by atoms with van der Waals surface area (Å²) in [4.78, 5) is 5.11. The molecule has 0 atom stereocenters. The van der Waals surface area contributed by atoms with Gasteiger partial charge in [-0.3, -0.25) is 0 Å². The van der Waals surface area contributed by atoms with Crippen LogP contribution in [0.15, 0.2) is 231 Å². The van der Waals surface area contributed by atoms with E-state index in [9.17, 15) is 0 Å². The van der Waals surface area contributed by atoms with E-state index in [1.54, 1.807) is 0 Å². The Balaban J connectivity index is 1.07. The Labute approximate surface area is 505 Å². The van der Waals surface area contributed by atoms with Crippen LogP contribution in [-0.2, 0) is 21.7 Å². The molecule has 0 aliphatic rings. The molecule has 0 fully saturated rings. The minimum absolute atomic E-state index is 0.0575. The third-order valence-corrected chi connectivity index (χ3v) is 18.5. The lowest BCUT2D eigenvalue weighted by Crippen LogP contribution is -2.15. The molecule has 86 heavy (non-hydrogen) atoms. The second-order valence-electron chi connectivity index (χ2n) is 28.2. The van der Waals surface area contributed by atoms with Crippen molar-refractivity contribution < 1.29 is 0 Å². The highest BCUT2D eigenvalue weighted by Crippen LogP contribution is 2.55. The van der Waals surface area contributed by atoms with Gasteiger partial charge in [-0.05, 0) is 116 Å². The van der Waals surface area contributed by atoms with Crippen molar-refractivity contribution >= 4 is 110 Å². The van der Waals surface area contributed by atoms with Gasteiger partial charge in [-0.1, -0.05) is 253 Å². The maximum absolute atomic E-state index is 2.66. The predicted octanol–water partition coefficient (Wildman–Crippen LogP) is 23.5. The van der Waals surface area contributed by atoms with Crippen LogP contribution < -0.4 is 9.80 Å². The van der Waals surface area contributed by atoms with E-state index in [-0.39, 0.29) is 21.7 Å². The van der Waals surface area contributed by atoms with Gasteiger partial charge in [0.1, 0.15) is 0 Å². The fraction of sp³-hybridized carbons (Fsp3) is 0.195. The van der Waals surface area contributed by atoms with Crippen molar-refractivity contribution in [3.05, 3.63) is 253 Å². The fourth-order valence-electron chi connectivity index (χ4n) is 14.3. The van der Waals surface area contributed by atoms with Gasteiger partial charge in [-0.2, -0.15) is 0 Å². The number of para-hydroxylation sites is 4. The summed E-state index contributed by atoms with van der Waals surface area (Å²) >= 11 is 0. The van der Waals surface area contributed by atoms with E-state index < -0.39 is 0 Å². The molecule has 0 aliphatic carbocycles. The van der Waals surface area contributed by atoms with Crippen LogP contribution >= 0.6 is 0 Å². The van der Waals surface area contributed by atoms with E-state index in [1.807, 2.05) is 0 Å². The highest BCUT2D eigenvalue weighted by atomic mass is 15.2. The molecule has 0 amide bonds. The van der Waals surface area contributed by atoms with Crippen LogP contribution in [0.3, 0.4) is 0 Å². The molecular formula is C82H74N4. The quantitative estimate of drug-likeness (QED) is 0.151. The third kappa shape index (κ3) is 8.16. The first kappa shape index (κ1) is 53.4. The molecule has 0 saturated heterocycles. The van der Waals surface area contributed by atoms with Gasteiger partial charge in [0.25, 0.3) is 0 Å². The van der Waals surface area contributed by atoms with Crippen molar-refractivity contribution in [1.82, 2.24) is 8.80 Å². The minimum atomic E-state index is -0.159. The summed E-state index contributed by atoms with van der Waals surface area (Å²) in [5.74, 6) is 0. The highest BCUT2D eigenvalue weighted by Gasteiger charge is 2.33. The van der Waals surface area contributed by atoms with Crippen LogP contribution in [0.2, 0.25) is 0 Å². The molecule has 0 N–H and O–H groups in total. The molecular weight excluding hydrogens is 1040 g/mol. The second kappa shape index (κ2) is 19.1. The number of nitrogens with zero attached hydrogens (tertiary/aromatic N) is 4. The topological polar surface area (TPSA) is 15.3 Å². The lowest BCUT2D eigenvalue weighted by molar-refractivity contribution is 0.590. The molecule has 11 aromatic carbocycles. The molecule has 0 bridgehead atoms. The first-order valence-corrected chi connectivity index (χ1v) is 30.8. The molecule has 0 unspecified atom stereocenters. The largest absolute Gasteiger partial charge is 0.309 e. The molecule has 15 aromatic rings. The fourth-order valence-corrected chi connectivity index (χ4v) is 14.3. The van der Waals surface area contributed by atoms with Crippen molar-refractivity contribution in [3.8, 4) is 22.3 Å². The molecule has 422 valence electrons. The molecule has 0 radical (unpaired) electrons. The van der Waals surface area contributed by atoms with Crippen LogP contribution in [0.25, 0.3) is 98.4 Å². The maximum atomic E-state index is 2.66. The lowest BCUT2D eigenvalue weighted by atomic mass is 9.85. The van der Waals surface area contributed by atoms with E-state index in [2.05, 4.69) is 332 Å². The van der Waals surface area contributed by atoms with E-state index >= 15 is 0 Å². The number of aromatic nitrogens is 2. The monoisotopic (exact) mass is 1110 g/mol. The molecule has 0 saturated carbocycles. The van der Waals surface area contributed by atoms with Gasteiger partial charge in [0.2, 0.25) is 0 Å². The Morgan fingerprint density at radius 2 is 0.640 bits per heavy atom. The average molecular weight is 1120 g/mol. The Morgan fingerprint density at radius 3 is 1.02 bits per heavy atom. The van der Waals surface area contributed by atoms with Crippen LogP contribution in [0, 0.1) is 0 Å². The highest BCUT2D eigenvalue weighted by molar-refractivity contribution is 6.33. The van der Waals surface area contributed by atoms with Crippen molar-refractivity contribution in [2.24, 2.45) is 0 Å². The van der Waals surface area contributed by atoms with E-state index in [0.29, 0.717) is 0 Å². The van der Waals surface area contributed by atoms with Gasteiger partial charge in [-0.15, -0.1) is 0 Å². The number of rotatable bonds is 8. The number of hydrogen-bond acceptors (Lipinski definition) is 2. The predicted molar refractivity (Wildman–Crippen MR) is 371 cm³/mol. The standard InChI is InChI=1S/C82H74N4/c1-79(2,3)53-31-23-33-55(47-53)83(67-41-21-19-35-57(67)51-27-15-13-16-28-51)69-45-43-59-63-49-72-64(50-71(63)85-75-61(73(69)77(59)85)37-25-39-65(75)81(7,8)9)60-44-46-70(74-62-38-26-40-66(82(10,11)12)76(62)86(72)78(60)74)84(56-34-24-32-54(48-56)80(4,5)6)68-42-22-20-36-58(68)52-29-17-14-18-30-52/h13-50H,1-12H3. The molecule has 0 aliphatic heterocycles. The molecule has 4 nitrogen and oxygen atoms in total. The molecule has 0 spiro atoms. The number of benzene rings is 11. The van der Waals surface area contributed by atoms with Crippen molar-refractivity contribution in [2.75, 3.05) is 9.80 Å². The van der Waals surface area contributed by atoms with Crippen LogP contribution in [0.5, 0.6) is 0 Å². The van der Waals surface area contributed by atoms with E-state index in [1.165, 1.54) is 121 Å². The summed E-state index contributed by atoms with van der Waals surface area (Å²) in [6.45, 7) is 28.1.